The fraction of sp³-hybridized carbons (Fsp3) is 0.875. The molecule has 1 heterocycles. The van der Waals surface area contributed by atoms with Crippen LogP contribution >= 0.6 is 0 Å². The lowest BCUT2D eigenvalue weighted by Crippen LogP contribution is -2.43. The van der Waals surface area contributed by atoms with Crippen LogP contribution in [0.4, 0.5) is 4.79 Å². The van der Waals surface area contributed by atoms with E-state index in [2.05, 4.69) is 10.1 Å². The molecule has 126 valence electrons. The molecule has 1 aliphatic heterocycles. The fourth-order valence-electron chi connectivity index (χ4n) is 3.16. The van der Waals surface area contributed by atoms with Gasteiger partial charge in [-0.15, -0.1) is 0 Å². The van der Waals surface area contributed by atoms with Crippen LogP contribution in [0.1, 0.15) is 64.2 Å². The van der Waals surface area contributed by atoms with E-state index in [1.54, 1.807) is 5.06 Å². The smallest absolute Gasteiger partial charge is 0.341 e. The van der Waals surface area contributed by atoms with Crippen molar-refractivity contribution < 1.29 is 19.2 Å². The van der Waals surface area contributed by atoms with E-state index in [0.717, 1.165) is 57.8 Å². The summed E-state index contributed by atoms with van der Waals surface area (Å²) >= 11 is 0. The van der Waals surface area contributed by atoms with Gasteiger partial charge >= 0.3 is 12.0 Å². The first-order valence-electron chi connectivity index (χ1n) is 8.51. The Morgan fingerprint density at radius 3 is 2.50 bits per heavy atom. The van der Waals surface area contributed by atoms with Gasteiger partial charge in [0, 0.05) is 13.0 Å². The Bertz CT molecular complexity index is 375. The molecule has 2 fully saturated rings. The maximum absolute atomic E-state index is 11.9. The minimum absolute atomic E-state index is 0.0784. The molecule has 2 bridgehead atoms. The van der Waals surface area contributed by atoms with Gasteiger partial charge in [-0.1, -0.05) is 25.7 Å². The van der Waals surface area contributed by atoms with Crippen LogP contribution in [0.2, 0.25) is 0 Å². The molecule has 2 aliphatic rings. The second kappa shape index (κ2) is 8.98. The highest BCUT2D eigenvalue weighted by Gasteiger charge is 2.42. The second-order valence-corrected chi connectivity index (χ2v) is 6.20. The molecule has 6 nitrogen and oxygen atoms in total. The molecule has 1 saturated heterocycles. The topological polar surface area (TPSA) is 67.9 Å². The molecular weight excluding hydrogens is 284 g/mol. The minimum Gasteiger partial charge on any atom is -0.469 e. The molecule has 0 unspecified atom stereocenters. The third-order valence-corrected chi connectivity index (χ3v) is 4.46. The summed E-state index contributed by atoms with van der Waals surface area (Å²) in [5.74, 6) is -0.124. The number of carbonyl (C=O) groups is 2. The standard InChI is InChI=1S/C16H28N2O4/c1-21-15(19)8-6-4-2-3-5-7-11-17-16(20)18-13-9-10-14(12-13)22-18/h13-14H,2-12H2,1H3,(H,17,20)/t13-,14+/m0/s1. The van der Waals surface area contributed by atoms with Gasteiger partial charge in [0.1, 0.15) is 0 Å². The number of unbranched alkanes of at least 4 members (excludes halogenated alkanes) is 5. The van der Waals surface area contributed by atoms with E-state index in [-0.39, 0.29) is 18.1 Å². The Morgan fingerprint density at radius 1 is 1.14 bits per heavy atom. The molecule has 0 radical (unpaired) electrons. The number of carbonyl (C=O) groups excluding carboxylic acids is 2. The van der Waals surface area contributed by atoms with Gasteiger partial charge in [-0.3, -0.25) is 9.63 Å². The van der Waals surface area contributed by atoms with Gasteiger partial charge in [0.05, 0.1) is 19.3 Å². The summed E-state index contributed by atoms with van der Waals surface area (Å²) in [7, 11) is 1.43. The molecule has 6 heteroatoms. The third-order valence-electron chi connectivity index (χ3n) is 4.46. The zero-order valence-corrected chi connectivity index (χ0v) is 13.5. The van der Waals surface area contributed by atoms with E-state index in [9.17, 15) is 9.59 Å². The Kier molecular flexibility index (Phi) is 6.96. The molecular formula is C16H28N2O4. The van der Waals surface area contributed by atoms with Crippen LogP contribution < -0.4 is 5.32 Å². The normalized spacial score (nSPS) is 22.9. The quantitative estimate of drug-likeness (QED) is 0.525. The lowest BCUT2D eigenvalue weighted by molar-refractivity contribution is -0.144. The molecule has 1 saturated carbocycles. The predicted molar refractivity (Wildman–Crippen MR) is 82.1 cm³/mol. The van der Waals surface area contributed by atoms with E-state index in [1.807, 2.05) is 0 Å². The summed E-state index contributed by atoms with van der Waals surface area (Å²) in [4.78, 5) is 28.4. The first-order chi connectivity index (χ1) is 10.7. The monoisotopic (exact) mass is 312 g/mol. The van der Waals surface area contributed by atoms with E-state index in [0.29, 0.717) is 19.0 Å². The first-order valence-corrected chi connectivity index (χ1v) is 8.51. The van der Waals surface area contributed by atoms with Crippen molar-refractivity contribution in [1.29, 1.82) is 0 Å². The molecule has 1 N–H and O–H groups in total. The second-order valence-electron chi connectivity index (χ2n) is 6.20. The molecule has 0 aromatic rings. The van der Waals surface area contributed by atoms with Gasteiger partial charge in [-0.25, -0.2) is 4.79 Å². The largest absolute Gasteiger partial charge is 0.469 e. The number of nitrogens with zero attached hydrogens (tertiary/aromatic N) is 1. The number of ether oxygens (including phenoxy) is 1. The molecule has 0 spiro atoms. The minimum atomic E-state index is -0.124. The van der Waals surface area contributed by atoms with E-state index in [4.69, 9.17) is 4.84 Å². The summed E-state index contributed by atoms with van der Waals surface area (Å²) in [5, 5.41) is 4.48. The molecule has 2 amide bonds. The average Bonchev–Trinajstić information content (AvgIpc) is 3.15. The van der Waals surface area contributed by atoms with Gasteiger partial charge in [0.15, 0.2) is 0 Å². The van der Waals surface area contributed by atoms with E-state index in [1.165, 1.54) is 7.11 Å². The Balaban J connectivity index is 1.40. The first kappa shape index (κ1) is 17.1. The van der Waals surface area contributed by atoms with Gasteiger partial charge < -0.3 is 10.1 Å². The highest BCUT2D eigenvalue weighted by Crippen LogP contribution is 2.34. The highest BCUT2D eigenvalue weighted by molar-refractivity contribution is 5.73. The van der Waals surface area contributed by atoms with Crippen LogP contribution in [0.5, 0.6) is 0 Å². The van der Waals surface area contributed by atoms with Crippen LogP contribution in [0, 0.1) is 0 Å². The zero-order valence-electron chi connectivity index (χ0n) is 13.5. The summed E-state index contributed by atoms with van der Waals surface area (Å²) in [6, 6.07) is 0.213. The Morgan fingerprint density at radius 2 is 1.86 bits per heavy atom. The summed E-state index contributed by atoms with van der Waals surface area (Å²) in [6.07, 6.45) is 10.3. The highest BCUT2D eigenvalue weighted by atomic mass is 16.7. The lowest BCUT2D eigenvalue weighted by atomic mass is 10.1. The van der Waals surface area contributed by atoms with E-state index >= 15 is 0 Å². The third kappa shape index (κ3) is 5.16. The molecule has 2 atom stereocenters. The molecule has 22 heavy (non-hydrogen) atoms. The van der Waals surface area contributed by atoms with Gasteiger partial charge in [0.25, 0.3) is 0 Å². The van der Waals surface area contributed by atoms with Crippen molar-refractivity contribution in [2.24, 2.45) is 0 Å². The van der Waals surface area contributed by atoms with Crippen LogP contribution in [-0.2, 0) is 14.4 Å². The van der Waals surface area contributed by atoms with E-state index < -0.39 is 0 Å². The summed E-state index contributed by atoms with van der Waals surface area (Å²) in [6.45, 7) is 0.707. The molecule has 2 rings (SSSR count). The Hall–Kier alpha value is -1.30. The number of hydrogen-bond acceptors (Lipinski definition) is 4. The number of fused-ring (bicyclic) bond motifs is 2. The number of amides is 2. The number of nitrogens with one attached hydrogen (secondary N) is 1. The number of methoxy groups -OCH3 is 1. The maximum Gasteiger partial charge on any atom is 0.341 e. The molecule has 1 aliphatic carbocycles. The molecule has 0 aromatic carbocycles. The SMILES string of the molecule is COC(=O)CCCCCCCCNC(=O)N1O[C@@H]2CC[C@H]1C2. The average molecular weight is 312 g/mol. The van der Waals surface area contributed by atoms with Gasteiger partial charge in [-0.2, -0.15) is 5.06 Å². The Labute approximate surface area is 132 Å². The van der Waals surface area contributed by atoms with Crippen molar-refractivity contribution in [2.45, 2.75) is 76.4 Å². The van der Waals surface area contributed by atoms with Gasteiger partial charge in [-0.05, 0) is 32.1 Å². The van der Waals surface area contributed by atoms with Crippen molar-refractivity contribution in [3.63, 3.8) is 0 Å². The van der Waals surface area contributed by atoms with Gasteiger partial charge in [0.2, 0.25) is 0 Å². The number of urea groups is 1. The predicted octanol–water partition coefficient (Wildman–Crippen LogP) is 2.77. The van der Waals surface area contributed by atoms with Crippen molar-refractivity contribution in [3.8, 4) is 0 Å². The fourth-order valence-corrected chi connectivity index (χ4v) is 3.16. The van der Waals surface area contributed by atoms with Crippen LogP contribution in [-0.4, -0.2) is 42.9 Å². The van der Waals surface area contributed by atoms with Crippen molar-refractivity contribution in [2.75, 3.05) is 13.7 Å². The maximum atomic E-state index is 11.9. The number of hydrogen-bond donors (Lipinski definition) is 1. The molecule has 0 aromatic heterocycles. The lowest BCUT2D eigenvalue weighted by Gasteiger charge is -2.25. The number of esters is 1. The van der Waals surface area contributed by atoms with Crippen molar-refractivity contribution >= 4 is 12.0 Å². The number of rotatable bonds is 9. The summed E-state index contributed by atoms with van der Waals surface area (Å²) in [5.41, 5.74) is 0. The zero-order chi connectivity index (χ0) is 15.8. The van der Waals surface area contributed by atoms with Crippen LogP contribution in [0.25, 0.3) is 0 Å². The van der Waals surface area contributed by atoms with Crippen LogP contribution in [0.3, 0.4) is 0 Å². The van der Waals surface area contributed by atoms with Crippen LogP contribution in [0.15, 0.2) is 0 Å². The summed E-state index contributed by atoms with van der Waals surface area (Å²) < 4.78 is 4.60. The van der Waals surface area contributed by atoms with Crippen molar-refractivity contribution in [3.05, 3.63) is 0 Å². The van der Waals surface area contributed by atoms with Crippen molar-refractivity contribution in [1.82, 2.24) is 10.4 Å². The number of hydroxylamine groups is 2.